The van der Waals surface area contributed by atoms with Gasteiger partial charge < -0.3 is 18.6 Å². The van der Waals surface area contributed by atoms with E-state index in [-0.39, 0.29) is 12.1 Å². The third-order valence-corrected chi connectivity index (χ3v) is 11.8. The molecule has 1 aliphatic carbocycles. The van der Waals surface area contributed by atoms with Gasteiger partial charge in [0, 0.05) is 6.92 Å². The summed E-state index contributed by atoms with van der Waals surface area (Å²) in [6, 6.07) is 23.3. The molecule has 0 spiro atoms. The minimum Gasteiger partial charge on any atom is -0.460 e. The molecule has 0 aliphatic heterocycles. The molecule has 196 valence electrons. The Morgan fingerprint density at radius 2 is 1.36 bits per heavy atom. The summed E-state index contributed by atoms with van der Waals surface area (Å²) < 4.78 is 26.1. The standard InChI is InChI=1S/C30H42O5Si/c1-5-36(6-2,7-3)35-28-21-15-14-20-27(34-24(4)31)29(32-22-25-16-10-8-11-17-25)30(28)33-23-26-18-12-9-13-19-26/h8-13,15-19,21,27-30H,5-7,14,20,22-23H2,1-4H3/b21-15-/t27-,28-,29+,30+/m1/s1. The lowest BCUT2D eigenvalue weighted by Crippen LogP contribution is -2.53. The van der Waals surface area contributed by atoms with Crippen LogP contribution < -0.4 is 0 Å². The first kappa shape index (κ1) is 28.3. The van der Waals surface area contributed by atoms with E-state index >= 15 is 0 Å². The molecule has 0 amide bonds. The van der Waals surface area contributed by atoms with E-state index in [2.05, 4.69) is 45.1 Å². The molecule has 0 N–H and O–H groups in total. The number of benzene rings is 2. The van der Waals surface area contributed by atoms with Crippen LogP contribution in [0.3, 0.4) is 0 Å². The molecule has 1 aliphatic rings. The molecule has 5 nitrogen and oxygen atoms in total. The van der Waals surface area contributed by atoms with E-state index in [0.29, 0.717) is 19.6 Å². The summed E-state index contributed by atoms with van der Waals surface area (Å²) in [5.74, 6) is -0.309. The van der Waals surface area contributed by atoms with Gasteiger partial charge in [0.2, 0.25) is 0 Å². The van der Waals surface area contributed by atoms with Gasteiger partial charge in [0.25, 0.3) is 0 Å². The molecule has 0 heterocycles. The Bertz CT molecular complexity index is 921. The highest BCUT2D eigenvalue weighted by Gasteiger charge is 2.42. The summed E-state index contributed by atoms with van der Waals surface area (Å²) in [5, 5.41) is 0. The van der Waals surface area contributed by atoms with Crippen LogP contribution in [0.1, 0.15) is 51.7 Å². The molecule has 0 fully saturated rings. The van der Waals surface area contributed by atoms with Crippen molar-refractivity contribution in [2.75, 3.05) is 0 Å². The van der Waals surface area contributed by atoms with Gasteiger partial charge in [0.15, 0.2) is 8.32 Å². The average molecular weight is 511 g/mol. The first-order valence-corrected chi connectivity index (χ1v) is 15.9. The third kappa shape index (κ3) is 8.13. The fraction of sp³-hybridized carbons (Fsp3) is 0.500. The minimum atomic E-state index is -1.96. The highest BCUT2D eigenvalue weighted by Crippen LogP contribution is 2.31. The number of esters is 1. The zero-order valence-electron chi connectivity index (χ0n) is 22.2. The average Bonchev–Trinajstić information content (AvgIpc) is 2.90. The van der Waals surface area contributed by atoms with E-state index in [1.807, 2.05) is 48.5 Å². The predicted octanol–water partition coefficient (Wildman–Crippen LogP) is 6.83. The van der Waals surface area contributed by atoms with Gasteiger partial charge in [-0.3, -0.25) is 4.79 Å². The van der Waals surface area contributed by atoms with E-state index in [1.165, 1.54) is 6.92 Å². The Labute approximate surface area is 217 Å². The second-order valence-electron chi connectivity index (χ2n) is 9.50. The van der Waals surface area contributed by atoms with Gasteiger partial charge in [0.05, 0.1) is 19.3 Å². The molecular weight excluding hydrogens is 468 g/mol. The van der Waals surface area contributed by atoms with E-state index in [4.69, 9.17) is 18.6 Å². The van der Waals surface area contributed by atoms with Crippen LogP contribution in [-0.2, 0) is 36.6 Å². The number of carbonyl (C=O) groups is 1. The lowest BCUT2D eigenvalue weighted by molar-refractivity contribution is -0.181. The highest BCUT2D eigenvalue weighted by atomic mass is 28.4. The lowest BCUT2D eigenvalue weighted by atomic mass is 9.95. The molecule has 3 rings (SSSR count). The lowest BCUT2D eigenvalue weighted by Gasteiger charge is -2.41. The molecule has 0 saturated carbocycles. The van der Waals surface area contributed by atoms with Crippen molar-refractivity contribution in [1.29, 1.82) is 0 Å². The van der Waals surface area contributed by atoms with Crippen molar-refractivity contribution in [1.82, 2.24) is 0 Å². The van der Waals surface area contributed by atoms with Crippen LogP contribution in [0.4, 0.5) is 0 Å². The number of hydrogen-bond acceptors (Lipinski definition) is 5. The summed E-state index contributed by atoms with van der Waals surface area (Å²) in [4.78, 5) is 12.1. The van der Waals surface area contributed by atoms with Crippen molar-refractivity contribution < 1.29 is 23.4 Å². The zero-order chi connectivity index (χ0) is 25.8. The van der Waals surface area contributed by atoms with Gasteiger partial charge in [-0.2, -0.15) is 0 Å². The largest absolute Gasteiger partial charge is 0.460 e. The van der Waals surface area contributed by atoms with Crippen LogP contribution in [-0.4, -0.2) is 38.7 Å². The van der Waals surface area contributed by atoms with Gasteiger partial charge in [0.1, 0.15) is 18.3 Å². The summed E-state index contributed by atoms with van der Waals surface area (Å²) in [6.45, 7) is 8.99. The Morgan fingerprint density at radius 3 is 1.86 bits per heavy atom. The number of hydrogen-bond donors (Lipinski definition) is 0. The van der Waals surface area contributed by atoms with Crippen LogP contribution in [0.15, 0.2) is 72.8 Å². The topological polar surface area (TPSA) is 54.0 Å². The van der Waals surface area contributed by atoms with Crippen LogP contribution >= 0.6 is 0 Å². The molecule has 4 atom stereocenters. The number of carbonyl (C=O) groups excluding carboxylic acids is 1. The maximum absolute atomic E-state index is 12.1. The van der Waals surface area contributed by atoms with Gasteiger partial charge in [-0.25, -0.2) is 0 Å². The zero-order valence-corrected chi connectivity index (χ0v) is 23.2. The third-order valence-electron chi connectivity index (χ3n) is 7.16. The highest BCUT2D eigenvalue weighted by molar-refractivity contribution is 6.73. The van der Waals surface area contributed by atoms with E-state index in [0.717, 1.165) is 35.7 Å². The van der Waals surface area contributed by atoms with Crippen molar-refractivity contribution >= 4 is 14.3 Å². The second-order valence-corrected chi connectivity index (χ2v) is 14.2. The summed E-state index contributed by atoms with van der Waals surface area (Å²) in [7, 11) is -1.96. The monoisotopic (exact) mass is 510 g/mol. The molecule has 2 aromatic rings. The molecule has 6 heteroatoms. The summed E-state index contributed by atoms with van der Waals surface area (Å²) in [5.41, 5.74) is 2.15. The molecular formula is C30H42O5Si. The fourth-order valence-corrected chi connectivity index (χ4v) is 7.61. The SMILES string of the molecule is CC[Si](CC)(CC)O[C@@H]1/C=C\CC[C@@H](OC(C)=O)[C@H](OCc2ccccc2)[C@H]1OCc1ccccc1. The van der Waals surface area contributed by atoms with Crippen LogP contribution in [0, 0.1) is 0 Å². The van der Waals surface area contributed by atoms with Crippen molar-refractivity contribution in [2.24, 2.45) is 0 Å². The van der Waals surface area contributed by atoms with Gasteiger partial charge in [-0.1, -0.05) is 93.6 Å². The quantitative estimate of drug-likeness (QED) is 0.178. The minimum absolute atomic E-state index is 0.278. The number of ether oxygens (including phenoxy) is 3. The molecule has 36 heavy (non-hydrogen) atoms. The number of rotatable bonds is 12. The normalized spacial score (nSPS) is 23.4. The van der Waals surface area contributed by atoms with Gasteiger partial charge in [-0.05, 0) is 42.1 Å². The summed E-state index contributed by atoms with van der Waals surface area (Å²) >= 11 is 0. The Hall–Kier alpha value is -2.25. The van der Waals surface area contributed by atoms with E-state index < -0.39 is 26.6 Å². The van der Waals surface area contributed by atoms with Crippen LogP contribution in [0.5, 0.6) is 0 Å². The first-order chi connectivity index (χ1) is 17.5. The first-order valence-electron chi connectivity index (χ1n) is 13.3. The van der Waals surface area contributed by atoms with Crippen molar-refractivity contribution in [3.8, 4) is 0 Å². The Balaban J connectivity index is 1.96. The molecule has 0 unspecified atom stereocenters. The maximum Gasteiger partial charge on any atom is 0.302 e. The van der Waals surface area contributed by atoms with Crippen molar-refractivity contribution in [3.05, 3.63) is 83.9 Å². The molecule has 0 aromatic heterocycles. The fourth-order valence-electron chi connectivity index (χ4n) is 4.82. The van der Waals surface area contributed by atoms with Gasteiger partial charge >= 0.3 is 5.97 Å². The van der Waals surface area contributed by atoms with Crippen molar-refractivity contribution in [2.45, 2.75) is 96.3 Å². The predicted molar refractivity (Wildman–Crippen MR) is 146 cm³/mol. The van der Waals surface area contributed by atoms with E-state index in [1.54, 1.807) is 0 Å². The Morgan fingerprint density at radius 1 is 0.833 bits per heavy atom. The Kier molecular flexibility index (Phi) is 11.4. The smallest absolute Gasteiger partial charge is 0.302 e. The van der Waals surface area contributed by atoms with Crippen molar-refractivity contribution in [3.63, 3.8) is 0 Å². The van der Waals surface area contributed by atoms with Gasteiger partial charge in [-0.15, -0.1) is 0 Å². The van der Waals surface area contributed by atoms with Crippen LogP contribution in [0.2, 0.25) is 18.1 Å². The molecule has 0 bridgehead atoms. The van der Waals surface area contributed by atoms with E-state index in [9.17, 15) is 4.79 Å². The van der Waals surface area contributed by atoms with Crippen LogP contribution in [0.25, 0.3) is 0 Å². The second kappa shape index (κ2) is 14.5. The molecule has 0 radical (unpaired) electrons. The molecule has 0 saturated heterocycles. The molecule has 2 aromatic carbocycles. The number of allylic oxidation sites excluding steroid dienone is 1. The summed E-state index contributed by atoms with van der Waals surface area (Å²) in [6.07, 6.45) is 4.16. The maximum atomic E-state index is 12.1.